The predicted octanol–water partition coefficient (Wildman–Crippen LogP) is 2.24. The number of rotatable bonds is 3. The van der Waals surface area contributed by atoms with Crippen LogP contribution in [0.4, 0.5) is 0 Å². The van der Waals surface area contributed by atoms with E-state index in [2.05, 4.69) is 10.1 Å². The monoisotopic (exact) mass is 291 g/mol. The van der Waals surface area contributed by atoms with E-state index in [9.17, 15) is 9.59 Å². The third-order valence-corrected chi connectivity index (χ3v) is 3.14. The lowest BCUT2D eigenvalue weighted by atomic mass is 10.2. The maximum absolute atomic E-state index is 12.2. The summed E-state index contributed by atoms with van der Waals surface area (Å²) in [5.74, 6) is 0. The minimum Gasteiger partial charge on any atom is -0.305 e. The third-order valence-electron chi connectivity index (χ3n) is 3.14. The van der Waals surface area contributed by atoms with Crippen molar-refractivity contribution in [3.63, 3.8) is 0 Å². The Morgan fingerprint density at radius 2 is 1.68 bits per heavy atom. The molecule has 0 amide bonds. The first-order valence-electron chi connectivity index (χ1n) is 6.76. The minimum atomic E-state index is -0.562. The first-order chi connectivity index (χ1) is 10.8. The molecule has 5 heteroatoms. The summed E-state index contributed by atoms with van der Waals surface area (Å²) in [7, 11) is 0. The van der Waals surface area contributed by atoms with Gasteiger partial charge in [0, 0.05) is 6.21 Å². The molecule has 0 saturated carbocycles. The first kappa shape index (κ1) is 13.8. The van der Waals surface area contributed by atoms with Crippen LogP contribution in [0.2, 0.25) is 0 Å². The normalized spacial score (nSPS) is 11.6. The smallest absolute Gasteiger partial charge is 0.305 e. The summed E-state index contributed by atoms with van der Waals surface area (Å²) in [6.07, 6.45) is 4.93. The van der Waals surface area contributed by atoms with E-state index in [1.807, 2.05) is 36.4 Å². The molecule has 0 fully saturated rings. The fourth-order valence-electron chi connectivity index (χ4n) is 2.08. The van der Waals surface area contributed by atoms with E-state index in [4.69, 9.17) is 0 Å². The summed E-state index contributed by atoms with van der Waals surface area (Å²) >= 11 is 0. The maximum atomic E-state index is 12.2. The Bertz CT molecular complexity index is 966. The second-order valence-electron chi connectivity index (χ2n) is 4.63. The van der Waals surface area contributed by atoms with Crippen LogP contribution in [0.3, 0.4) is 0 Å². The molecule has 0 saturated heterocycles. The number of H-pyrrole nitrogens is 1. The zero-order valence-electron chi connectivity index (χ0n) is 11.6. The Hall–Kier alpha value is -3.21. The molecular formula is C17H13N3O2. The number of fused-ring (bicyclic) bond motifs is 1. The van der Waals surface area contributed by atoms with Crippen molar-refractivity contribution in [3.8, 4) is 0 Å². The Morgan fingerprint density at radius 3 is 2.50 bits per heavy atom. The molecule has 5 nitrogen and oxygen atoms in total. The van der Waals surface area contributed by atoms with Crippen molar-refractivity contribution < 1.29 is 0 Å². The van der Waals surface area contributed by atoms with E-state index in [0.29, 0.717) is 10.9 Å². The average Bonchev–Trinajstić information content (AvgIpc) is 2.55. The highest BCUT2D eigenvalue weighted by molar-refractivity contribution is 5.79. The summed E-state index contributed by atoms with van der Waals surface area (Å²) in [5.41, 5.74) is 0.509. The molecule has 0 radical (unpaired) electrons. The van der Waals surface area contributed by atoms with Gasteiger partial charge in [-0.2, -0.15) is 5.10 Å². The number of hydrogen-bond donors (Lipinski definition) is 1. The second-order valence-corrected chi connectivity index (χ2v) is 4.63. The Balaban J connectivity index is 1.94. The molecule has 0 unspecified atom stereocenters. The van der Waals surface area contributed by atoms with E-state index in [-0.39, 0.29) is 0 Å². The predicted molar refractivity (Wildman–Crippen MR) is 88.2 cm³/mol. The zero-order chi connectivity index (χ0) is 15.4. The van der Waals surface area contributed by atoms with Crippen molar-refractivity contribution in [1.29, 1.82) is 0 Å². The van der Waals surface area contributed by atoms with Crippen LogP contribution in [0.5, 0.6) is 0 Å². The highest BCUT2D eigenvalue weighted by Crippen LogP contribution is 2.03. The molecule has 22 heavy (non-hydrogen) atoms. The van der Waals surface area contributed by atoms with Crippen LogP contribution in [0.25, 0.3) is 17.0 Å². The van der Waals surface area contributed by atoms with Crippen LogP contribution in [0, 0.1) is 0 Å². The zero-order valence-corrected chi connectivity index (χ0v) is 11.6. The summed E-state index contributed by atoms with van der Waals surface area (Å²) in [6, 6.07) is 16.5. The van der Waals surface area contributed by atoms with Crippen molar-refractivity contribution in [1.82, 2.24) is 9.66 Å². The van der Waals surface area contributed by atoms with Crippen LogP contribution < -0.4 is 11.2 Å². The molecule has 108 valence electrons. The molecule has 1 heterocycles. The van der Waals surface area contributed by atoms with Crippen LogP contribution in [0.1, 0.15) is 5.56 Å². The second kappa shape index (κ2) is 6.05. The van der Waals surface area contributed by atoms with Gasteiger partial charge in [-0.1, -0.05) is 48.5 Å². The van der Waals surface area contributed by atoms with E-state index in [1.54, 1.807) is 30.3 Å². The lowest BCUT2D eigenvalue weighted by Gasteiger charge is -1.99. The van der Waals surface area contributed by atoms with Gasteiger partial charge in [-0.3, -0.25) is 4.79 Å². The van der Waals surface area contributed by atoms with Crippen LogP contribution >= 0.6 is 0 Å². The fraction of sp³-hybridized carbons (Fsp3) is 0. The Morgan fingerprint density at radius 1 is 0.955 bits per heavy atom. The number of hydrogen-bond acceptors (Lipinski definition) is 3. The van der Waals surface area contributed by atoms with Gasteiger partial charge in [-0.15, -0.1) is 4.68 Å². The molecule has 0 aliphatic rings. The van der Waals surface area contributed by atoms with Gasteiger partial charge < -0.3 is 4.98 Å². The largest absolute Gasteiger partial charge is 0.349 e. The van der Waals surface area contributed by atoms with Gasteiger partial charge in [0.1, 0.15) is 0 Å². The fourth-order valence-corrected chi connectivity index (χ4v) is 2.08. The Labute approximate surface area is 125 Å². The number of benzene rings is 2. The Kier molecular flexibility index (Phi) is 3.78. The summed E-state index contributed by atoms with van der Waals surface area (Å²) in [5, 5.41) is 4.34. The number of aromatic amines is 1. The molecule has 0 aliphatic heterocycles. The highest BCUT2D eigenvalue weighted by Gasteiger charge is 2.04. The molecule has 2 aromatic carbocycles. The number of nitrogens with zero attached hydrogens (tertiary/aromatic N) is 2. The number of aromatic nitrogens is 2. The summed E-state index contributed by atoms with van der Waals surface area (Å²) < 4.78 is 0.817. The lowest BCUT2D eigenvalue weighted by molar-refractivity contribution is 0.772. The van der Waals surface area contributed by atoms with Crippen LogP contribution in [0.15, 0.2) is 75.4 Å². The van der Waals surface area contributed by atoms with E-state index < -0.39 is 11.2 Å². The van der Waals surface area contributed by atoms with E-state index in [1.165, 1.54) is 6.21 Å². The summed E-state index contributed by atoms with van der Waals surface area (Å²) in [4.78, 5) is 26.7. The van der Waals surface area contributed by atoms with Gasteiger partial charge in [-0.05, 0) is 23.8 Å². The van der Waals surface area contributed by atoms with Crippen molar-refractivity contribution in [2.24, 2.45) is 5.10 Å². The molecular weight excluding hydrogens is 278 g/mol. The minimum absolute atomic E-state index is 0.422. The van der Waals surface area contributed by atoms with E-state index in [0.717, 1.165) is 10.2 Å². The summed E-state index contributed by atoms with van der Waals surface area (Å²) in [6.45, 7) is 0. The van der Waals surface area contributed by atoms with Gasteiger partial charge >= 0.3 is 5.69 Å². The quantitative estimate of drug-likeness (QED) is 0.752. The molecule has 3 aromatic rings. The third kappa shape index (κ3) is 2.78. The SMILES string of the molecule is O=c1[nH]c2ccccc2c(=O)n1N=CC=Cc1ccccc1. The molecule has 1 aromatic heterocycles. The number of para-hydroxylation sites is 1. The molecule has 0 bridgehead atoms. The molecule has 3 rings (SSSR count). The molecule has 0 aliphatic carbocycles. The van der Waals surface area contributed by atoms with Gasteiger partial charge in [0.2, 0.25) is 0 Å². The average molecular weight is 291 g/mol. The van der Waals surface area contributed by atoms with Gasteiger partial charge in [-0.25, -0.2) is 4.79 Å². The molecule has 1 N–H and O–H groups in total. The van der Waals surface area contributed by atoms with Gasteiger partial charge in [0.25, 0.3) is 5.56 Å². The van der Waals surface area contributed by atoms with Crippen molar-refractivity contribution >= 4 is 23.2 Å². The van der Waals surface area contributed by atoms with Gasteiger partial charge in [0.15, 0.2) is 0 Å². The number of allylic oxidation sites excluding steroid dienone is 1. The van der Waals surface area contributed by atoms with Crippen LogP contribution in [-0.2, 0) is 0 Å². The maximum Gasteiger partial charge on any atom is 0.349 e. The van der Waals surface area contributed by atoms with Crippen molar-refractivity contribution in [3.05, 3.63) is 87.1 Å². The van der Waals surface area contributed by atoms with Crippen LogP contribution in [-0.4, -0.2) is 15.9 Å². The standard InChI is InChI=1S/C17H13N3O2/c21-16-14-10-4-5-11-15(14)19-17(22)20(16)18-12-6-9-13-7-2-1-3-8-13/h1-12H,(H,19,22). The molecule has 0 atom stereocenters. The first-order valence-corrected chi connectivity index (χ1v) is 6.76. The number of nitrogens with one attached hydrogen (secondary N) is 1. The van der Waals surface area contributed by atoms with E-state index >= 15 is 0 Å². The lowest BCUT2D eigenvalue weighted by Crippen LogP contribution is -2.32. The molecule has 0 spiro atoms. The highest BCUT2D eigenvalue weighted by atomic mass is 16.2. The van der Waals surface area contributed by atoms with Crippen molar-refractivity contribution in [2.75, 3.05) is 0 Å². The van der Waals surface area contributed by atoms with Gasteiger partial charge in [0.05, 0.1) is 10.9 Å². The van der Waals surface area contributed by atoms with Crippen molar-refractivity contribution in [2.45, 2.75) is 0 Å². The topological polar surface area (TPSA) is 67.2 Å².